The third-order valence-electron chi connectivity index (χ3n) is 5.55. The van der Waals surface area contributed by atoms with Gasteiger partial charge in [0.15, 0.2) is 0 Å². The standard InChI is InChI=1S/C18H30N4O3S/c1-14-8-10-19-22(14)11-9-18(23)20-16-6-7-17(12-16)21-26(24,25)13-15-4-2-3-5-15/h8,10,15-17,21H,2-7,9,11-13H2,1H3,(H,20,23)/t16-,17+/m0/s1. The zero-order valence-corrected chi connectivity index (χ0v) is 16.3. The maximum atomic E-state index is 12.3. The Labute approximate surface area is 156 Å². The average molecular weight is 383 g/mol. The van der Waals surface area contributed by atoms with Crippen molar-refractivity contribution in [2.45, 2.75) is 76.9 Å². The molecule has 0 unspecified atom stereocenters. The van der Waals surface area contributed by atoms with Gasteiger partial charge in [0.05, 0.1) is 5.75 Å². The van der Waals surface area contributed by atoms with Crippen LogP contribution in [0.5, 0.6) is 0 Å². The fourth-order valence-corrected chi connectivity index (χ4v) is 5.92. The van der Waals surface area contributed by atoms with Gasteiger partial charge in [-0.1, -0.05) is 12.8 Å². The first-order chi connectivity index (χ1) is 12.4. The maximum Gasteiger partial charge on any atom is 0.222 e. The van der Waals surface area contributed by atoms with Gasteiger partial charge in [0.2, 0.25) is 15.9 Å². The molecule has 3 rings (SSSR count). The Balaban J connectivity index is 1.39. The summed E-state index contributed by atoms with van der Waals surface area (Å²) in [6, 6.07) is 1.91. The van der Waals surface area contributed by atoms with Crippen LogP contribution in [0.15, 0.2) is 12.3 Å². The number of carbonyl (C=O) groups is 1. The van der Waals surface area contributed by atoms with Crippen LogP contribution in [0.4, 0.5) is 0 Å². The van der Waals surface area contributed by atoms with Crippen LogP contribution < -0.4 is 10.0 Å². The number of aromatic nitrogens is 2. The minimum absolute atomic E-state index is 0.000590. The lowest BCUT2D eigenvalue weighted by atomic mass is 10.1. The van der Waals surface area contributed by atoms with E-state index >= 15 is 0 Å². The zero-order chi connectivity index (χ0) is 18.6. The quantitative estimate of drug-likeness (QED) is 0.716. The van der Waals surface area contributed by atoms with Crippen molar-refractivity contribution in [1.29, 1.82) is 0 Å². The van der Waals surface area contributed by atoms with Crippen LogP contribution in [0.1, 0.15) is 57.1 Å². The fraction of sp³-hybridized carbons (Fsp3) is 0.778. The summed E-state index contributed by atoms with van der Waals surface area (Å²) in [5.74, 6) is 0.568. The minimum atomic E-state index is -3.22. The van der Waals surface area contributed by atoms with Gasteiger partial charge in [0.1, 0.15) is 0 Å². The molecule has 1 amide bonds. The summed E-state index contributed by atoms with van der Waals surface area (Å²) in [6.07, 6.45) is 8.75. The predicted octanol–water partition coefficient (Wildman–Crippen LogP) is 1.73. The van der Waals surface area contributed by atoms with Gasteiger partial charge >= 0.3 is 0 Å². The highest BCUT2D eigenvalue weighted by Gasteiger charge is 2.30. The van der Waals surface area contributed by atoms with Gasteiger partial charge in [-0.3, -0.25) is 9.48 Å². The molecule has 2 N–H and O–H groups in total. The normalized spacial score (nSPS) is 24.2. The molecule has 8 heteroatoms. The summed E-state index contributed by atoms with van der Waals surface area (Å²) in [7, 11) is -3.22. The minimum Gasteiger partial charge on any atom is -0.353 e. The molecule has 1 heterocycles. The van der Waals surface area contributed by atoms with Crippen LogP contribution in [0.2, 0.25) is 0 Å². The predicted molar refractivity (Wildman–Crippen MR) is 100 cm³/mol. The van der Waals surface area contributed by atoms with Crippen LogP contribution in [0.25, 0.3) is 0 Å². The molecule has 2 atom stereocenters. The van der Waals surface area contributed by atoms with E-state index in [4.69, 9.17) is 0 Å². The van der Waals surface area contributed by atoms with Gasteiger partial charge in [-0.25, -0.2) is 13.1 Å². The van der Waals surface area contributed by atoms with Crippen molar-refractivity contribution in [3.05, 3.63) is 18.0 Å². The lowest BCUT2D eigenvalue weighted by Gasteiger charge is -2.16. The smallest absolute Gasteiger partial charge is 0.222 e. The van der Waals surface area contributed by atoms with E-state index < -0.39 is 10.0 Å². The molecule has 26 heavy (non-hydrogen) atoms. The van der Waals surface area contributed by atoms with E-state index in [0.29, 0.717) is 25.3 Å². The largest absolute Gasteiger partial charge is 0.353 e. The Morgan fingerprint density at radius 3 is 2.65 bits per heavy atom. The van der Waals surface area contributed by atoms with E-state index in [1.807, 2.05) is 17.7 Å². The highest BCUT2D eigenvalue weighted by Crippen LogP contribution is 2.26. The molecule has 2 saturated carbocycles. The van der Waals surface area contributed by atoms with Crippen molar-refractivity contribution < 1.29 is 13.2 Å². The molecule has 2 fully saturated rings. The van der Waals surface area contributed by atoms with E-state index in [2.05, 4.69) is 15.1 Å². The first-order valence-electron chi connectivity index (χ1n) is 9.69. The highest BCUT2D eigenvalue weighted by atomic mass is 32.2. The molecule has 0 radical (unpaired) electrons. The number of nitrogens with zero attached hydrogens (tertiary/aromatic N) is 2. The number of nitrogens with one attached hydrogen (secondary N) is 2. The van der Waals surface area contributed by atoms with Crippen LogP contribution in [-0.4, -0.2) is 41.9 Å². The molecular weight excluding hydrogens is 352 g/mol. The summed E-state index contributed by atoms with van der Waals surface area (Å²) in [5.41, 5.74) is 1.04. The Kier molecular flexibility index (Phi) is 6.34. The van der Waals surface area contributed by atoms with Gasteiger partial charge in [-0.2, -0.15) is 5.10 Å². The van der Waals surface area contributed by atoms with Crippen molar-refractivity contribution in [1.82, 2.24) is 19.8 Å². The Hall–Kier alpha value is -1.41. The average Bonchev–Trinajstić information content (AvgIpc) is 3.29. The second-order valence-corrected chi connectivity index (χ2v) is 9.57. The Morgan fingerprint density at radius 2 is 1.96 bits per heavy atom. The summed E-state index contributed by atoms with van der Waals surface area (Å²) < 4.78 is 29.3. The third-order valence-corrected chi connectivity index (χ3v) is 7.16. The number of aryl methyl sites for hydroxylation is 2. The molecule has 0 spiro atoms. The molecule has 0 aromatic carbocycles. The molecule has 2 aliphatic carbocycles. The number of sulfonamides is 1. The molecule has 0 aliphatic heterocycles. The van der Waals surface area contributed by atoms with Crippen LogP contribution in [0.3, 0.4) is 0 Å². The van der Waals surface area contributed by atoms with E-state index in [9.17, 15) is 13.2 Å². The first kappa shape index (κ1) is 19.4. The molecular formula is C18H30N4O3S. The van der Waals surface area contributed by atoms with E-state index in [1.54, 1.807) is 6.20 Å². The van der Waals surface area contributed by atoms with Crippen molar-refractivity contribution >= 4 is 15.9 Å². The number of rotatable bonds is 8. The molecule has 7 nitrogen and oxygen atoms in total. The first-order valence-corrected chi connectivity index (χ1v) is 11.3. The monoisotopic (exact) mass is 382 g/mol. The second kappa shape index (κ2) is 8.52. The number of amides is 1. The van der Waals surface area contributed by atoms with Crippen LogP contribution in [-0.2, 0) is 21.4 Å². The van der Waals surface area contributed by atoms with E-state index in [1.165, 1.54) is 0 Å². The Bertz CT molecular complexity index is 710. The summed E-state index contributed by atoms with van der Waals surface area (Å²) in [4.78, 5) is 12.1. The fourth-order valence-electron chi connectivity index (χ4n) is 4.15. The topological polar surface area (TPSA) is 93.1 Å². The highest BCUT2D eigenvalue weighted by molar-refractivity contribution is 7.89. The van der Waals surface area contributed by atoms with Gasteiger partial charge in [0, 0.05) is 36.9 Å². The van der Waals surface area contributed by atoms with Crippen molar-refractivity contribution in [2.24, 2.45) is 5.92 Å². The van der Waals surface area contributed by atoms with Gasteiger partial charge in [-0.05, 0) is 51.0 Å². The number of hydrogen-bond donors (Lipinski definition) is 2. The SMILES string of the molecule is Cc1ccnn1CCC(=O)N[C@H]1CC[C@@H](NS(=O)(=O)CC2CCCC2)C1. The lowest BCUT2D eigenvalue weighted by molar-refractivity contribution is -0.122. The van der Waals surface area contributed by atoms with Gasteiger partial charge < -0.3 is 5.32 Å². The second-order valence-electron chi connectivity index (χ2n) is 7.77. The molecule has 2 aliphatic rings. The lowest BCUT2D eigenvalue weighted by Crippen LogP contribution is -2.39. The third kappa shape index (κ3) is 5.54. The van der Waals surface area contributed by atoms with Gasteiger partial charge in [0.25, 0.3) is 0 Å². The molecule has 1 aromatic heterocycles. The van der Waals surface area contributed by atoms with E-state index in [0.717, 1.165) is 44.2 Å². The summed E-state index contributed by atoms with van der Waals surface area (Å²) in [5, 5.41) is 7.21. The Morgan fingerprint density at radius 1 is 1.23 bits per heavy atom. The van der Waals surface area contributed by atoms with Crippen molar-refractivity contribution in [3.63, 3.8) is 0 Å². The van der Waals surface area contributed by atoms with Crippen LogP contribution >= 0.6 is 0 Å². The maximum absolute atomic E-state index is 12.3. The molecule has 0 bridgehead atoms. The molecule has 0 saturated heterocycles. The van der Waals surface area contributed by atoms with Crippen LogP contribution in [0, 0.1) is 12.8 Å². The molecule has 146 valence electrons. The number of carbonyl (C=O) groups excluding carboxylic acids is 1. The summed E-state index contributed by atoms with van der Waals surface area (Å²) in [6.45, 7) is 2.53. The van der Waals surface area contributed by atoms with E-state index in [-0.39, 0.29) is 23.7 Å². The molecule has 1 aromatic rings. The van der Waals surface area contributed by atoms with Crippen molar-refractivity contribution in [3.8, 4) is 0 Å². The van der Waals surface area contributed by atoms with Crippen molar-refractivity contribution in [2.75, 3.05) is 5.75 Å². The number of hydrogen-bond acceptors (Lipinski definition) is 4. The summed E-state index contributed by atoms with van der Waals surface area (Å²) >= 11 is 0. The van der Waals surface area contributed by atoms with Gasteiger partial charge in [-0.15, -0.1) is 0 Å². The zero-order valence-electron chi connectivity index (χ0n) is 15.5.